The van der Waals surface area contributed by atoms with Gasteiger partial charge in [0.1, 0.15) is 0 Å². The largest absolute Gasteiger partial charge is 0.226 e. The summed E-state index contributed by atoms with van der Waals surface area (Å²) in [5.74, 6) is 2.41. The lowest BCUT2D eigenvalue weighted by Crippen LogP contribution is -2.00. The summed E-state index contributed by atoms with van der Waals surface area (Å²) >= 11 is 1.62. The first kappa shape index (κ1) is 26.5. The average Bonchev–Trinajstić information content (AvgIpc) is 3.50. The van der Waals surface area contributed by atoms with Gasteiger partial charge in [-0.2, -0.15) is 5.26 Å². The number of hydrogen-bond acceptors (Lipinski definition) is 7. The Morgan fingerprint density at radius 3 is 1.58 bits per heavy atom. The van der Waals surface area contributed by atoms with Gasteiger partial charge in [-0.25, -0.2) is 24.9 Å². The molecule has 7 heteroatoms. The second kappa shape index (κ2) is 11.2. The maximum Gasteiger partial charge on any atom is 0.164 e. The lowest BCUT2D eigenvalue weighted by atomic mass is 10.0. The number of fused-ring (bicyclic) bond motifs is 3. The van der Waals surface area contributed by atoms with E-state index in [1.54, 1.807) is 11.3 Å². The van der Waals surface area contributed by atoms with Gasteiger partial charge in [0.2, 0.25) is 0 Å². The van der Waals surface area contributed by atoms with Gasteiger partial charge in [0.15, 0.2) is 23.3 Å². The van der Waals surface area contributed by atoms with Crippen LogP contribution in [0.25, 0.3) is 77.1 Å². The van der Waals surface area contributed by atoms with Crippen molar-refractivity contribution < 1.29 is 0 Å². The third kappa shape index (κ3) is 4.89. The maximum atomic E-state index is 9.94. The molecule has 0 fully saturated rings. The van der Waals surface area contributed by atoms with Crippen molar-refractivity contribution in [1.82, 2.24) is 24.9 Å². The zero-order valence-electron chi connectivity index (χ0n) is 23.8. The van der Waals surface area contributed by atoms with Gasteiger partial charge >= 0.3 is 0 Å². The fraction of sp³-hybridized carbons (Fsp3) is 0. The van der Waals surface area contributed by atoms with Crippen LogP contribution in [0.1, 0.15) is 5.56 Å². The molecule has 45 heavy (non-hydrogen) atoms. The predicted molar refractivity (Wildman–Crippen MR) is 180 cm³/mol. The third-order valence-corrected chi connectivity index (χ3v) is 8.77. The van der Waals surface area contributed by atoms with Crippen LogP contribution in [0, 0.1) is 11.3 Å². The minimum atomic E-state index is 0.571. The Labute approximate surface area is 263 Å². The quantitative estimate of drug-likeness (QED) is 0.197. The lowest BCUT2D eigenvalue weighted by molar-refractivity contribution is 1.07. The van der Waals surface area contributed by atoms with Gasteiger partial charge in [-0.15, -0.1) is 11.3 Å². The Balaban J connectivity index is 1.37. The summed E-state index contributed by atoms with van der Waals surface area (Å²) < 4.78 is 1.99. The first-order valence-electron chi connectivity index (χ1n) is 14.4. The number of nitriles is 1. The number of nitrogens with zero attached hydrogens (tertiary/aromatic N) is 6. The zero-order chi connectivity index (χ0) is 30.2. The van der Waals surface area contributed by atoms with Crippen molar-refractivity contribution in [3.8, 4) is 62.9 Å². The molecule has 3 heterocycles. The van der Waals surface area contributed by atoms with Crippen LogP contribution in [-0.2, 0) is 0 Å². The molecule has 0 aliphatic rings. The Morgan fingerprint density at radius 1 is 0.489 bits per heavy atom. The molecule has 0 unspecified atom stereocenters. The van der Waals surface area contributed by atoms with E-state index in [-0.39, 0.29) is 0 Å². The Bertz CT molecular complexity index is 2320. The highest BCUT2D eigenvalue weighted by Crippen LogP contribution is 2.41. The van der Waals surface area contributed by atoms with E-state index in [2.05, 4.69) is 18.2 Å². The lowest BCUT2D eigenvalue weighted by Gasteiger charge is -2.09. The van der Waals surface area contributed by atoms with Crippen molar-refractivity contribution in [3.05, 3.63) is 139 Å². The van der Waals surface area contributed by atoms with E-state index in [1.807, 2.05) is 121 Å². The van der Waals surface area contributed by atoms with E-state index in [1.165, 1.54) is 0 Å². The second-order valence-corrected chi connectivity index (χ2v) is 11.5. The molecule has 0 radical (unpaired) electrons. The molecule has 0 atom stereocenters. The van der Waals surface area contributed by atoms with Crippen LogP contribution in [-0.4, -0.2) is 24.9 Å². The Morgan fingerprint density at radius 2 is 1.00 bits per heavy atom. The standard InChI is InChI=1S/C38H22N6S/c39-23-28-18-10-11-19-29(28)32-34-33(41-35(40-32)24-12-4-1-5-13-24)30-22-27(20-21-31(30)45-34)38-43-36(25-14-6-2-7-15-25)42-37(44-38)26-16-8-3-9-17-26/h1-22H. The minimum Gasteiger partial charge on any atom is -0.226 e. The van der Waals surface area contributed by atoms with Gasteiger partial charge in [0.25, 0.3) is 0 Å². The van der Waals surface area contributed by atoms with Gasteiger partial charge in [-0.3, -0.25) is 0 Å². The first-order chi connectivity index (χ1) is 22.2. The van der Waals surface area contributed by atoms with Gasteiger partial charge in [0.05, 0.1) is 27.5 Å². The van der Waals surface area contributed by atoms with Gasteiger partial charge in [-0.05, 0) is 24.3 Å². The molecule has 0 saturated heterocycles. The van der Waals surface area contributed by atoms with Crippen molar-refractivity contribution in [2.24, 2.45) is 0 Å². The smallest absolute Gasteiger partial charge is 0.164 e. The minimum absolute atomic E-state index is 0.571. The molecule has 210 valence electrons. The number of thiophene rings is 1. The van der Waals surface area contributed by atoms with Crippen LogP contribution >= 0.6 is 11.3 Å². The van der Waals surface area contributed by atoms with Crippen molar-refractivity contribution in [1.29, 1.82) is 5.26 Å². The van der Waals surface area contributed by atoms with Crippen LogP contribution < -0.4 is 0 Å². The molecule has 6 nitrogen and oxygen atoms in total. The van der Waals surface area contributed by atoms with E-state index < -0.39 is 0 Å². The van der Waals surface area contributed by atoms with E-state index in [0.717, 1.165) is 53.8 Å². The van der Waals surface area contributed by atoms with Crippen molar-refractivity contribution >= 4 is 31.6 Å². The summed E-state index contributed by atoms with van der Waals surface area (Å²) in [7, 11) is 0. The number of aromatic nitrogens is 5. The summed E-state index contributed by atoms with van der Waals surface area (Å²) in [4.78, 5) is 24.8. The van der Waals surface area contributed by atoms with Crippen LogP contribution in [0.4, 0.5) is 0 Å². The highest BCUT2D eigenvalue weighted by Gasteiger charge is 2.20. The normalized spacial score (nSPS) is 11.1. The molecule has 0 bridgehead atoms. The second-order valence-electron chi connectivity index (χ2n) is 10.4. The average molecular weight is 595 g/mol. The van der Waals surface area contributed by atoms with E-state index in [9.17, 15) is 5.26 Å². The highest BCUT2D eigenvalue weighted by atomic mass is 32.1. The molecule has 0 aliphatic heterocycles. The van der Waals surface area contributed by atoms with Gasteiger partial charge < -0.3 is 0 Å². The summed E-state index contributed by atoms with van der Waals surface area (Å²) in [6, 6.07) is 46.0. The molecule has 0 amide bonds. The van der Waals surface area contributed by atoms with Crippen molar-refractivity contribution in [3.63, 3.8) is 0 Å². The van der Waals surface area contributed by atoms with Crippen LogP contribution in [0.5, 0.6) is 0 Å². The van der Waals surface area contributed by atoms with Crippen molar-refractivity contribution in [2.45, 2.75) is 0 Å². The molecule has 3 aromatic heterocycles. The molecule has 0 N–H and O–H groups in total. The van der Waals surface area contributed by atoms with Gasteiger partial charge in [0, 0.05) is 37.9 Å². The molecular formula is C38H22N6S. The fourth-order valence-corrected chi connectivity index (χ4v) is 6.53. The van der Waals surface area contributed by atoms with Crippen LogP contribution in [0.3, 0.4) is 0 Å². The summed E-state index contributed by atoms with van der Waals surface area (Å²) in [6.45, 7) is 0. The third-order valence-electron chi connectivity index (χ3n) is 7.60. The molecule has 0 spiro atoms. The monoisotopic (exact) mass is 594 g/mol. The number of benzene rings is 5. The number of rotatable bonds is 5. The molecule has 5 aromatic carbocycles. The fourth-order valence-electron chi connectivity index (χ4n) is 5.41. The van der Waals surface area contributed by atoms with E-state index >= 15 is 0 Å². The Hall–Kier alpha value is -6.10. The summed E-state index contributed by atoms with van der Waals surface area (Å²) in [5, 5.41) is 10.9. The van der Waals surface area contributed by atoms with E-state index in [0.29, 0.717) is 28.9 Å². The zero-order valence-corrected chi connectivity index (χ0v) is 24.6. The Kier molecular flexibility index (Phi) is 6.60. The van der Waals surface area contributed by atoms with Gasteiger partial charge in [-0.1, -0.05) is 109 Å². The molecule has 8 aromatic rings. The SMILES string of the molecule is N#Cc1ccccc1-c1nc(-c2ccccc2)nc2c1sc1ccc(-c3nc(-c4ccccc4)nc(-c4ccccc4)n3)cc12. The number of hydrogen-bond donors (Lipinski definition) is 0. The van der Waals surface area contributed by atoms with Crippen LogP contribution in [0.2, 0.25) is 0 Å². The van der Waals surface area contributed by atoms with E-state index in [4.69, 9.17) is 24.9 Å². The molecule has 8 rings (SSSR count). The van der Waals surface area contributed by atoms with Crippen LogP contribution in [0.15, 0.2) is 133 Å². The maximum absolute atomic E-state index is 9.94. The molecular weight excluding hydrogens is 573 g/mol. The summed E-state index contributed by atoms with van der Waals surface area (Å²) in [6.07, 6.45) is 0. The molecule has 0 aliphatic carbocycles. The highest BCUT2D eigenvalue weighted by molar-refractivity contribution is 7.26. The topological polar surface area (TPSA) is 88.2 Å². The molecule has 0 saturated carbocycles. The summed E-state index contributed by atoms with van der Waals surface area (Å²) in [5.41, 5.74) is 6.53. The predicted octanol–water partition coefficient (Wildman–Crippen LogP) is 9.24. The van der Waals surface area contributed by atoms with Crippen molar-refractivity contribution in [2.75, 3.05) is 0 Å². The first-order valence-corrected chi connectivity index (χ1v) is 15.2.